The second kappa shape index (κ2) is 5.78. The van der Waals surface area contributed by atoms with Crippen LogP contribution in [0.15, 0.2) is 23.6 Å². The minimum absolute atomic E-state index is 0.108. The maximum Gasteiger partial charge on any atom is 0.196 e. The summed E-state index contributed by atoms with van der Waals surface area (Å²) >= 11 is 12.7. The van der Waals surface area contributed by atoms with Crippen LogP contribution in [0.3, 0.4) is 0 Å². The summed E-state index contributed by atoms with van der Waals surface area (Å²) in [4.78, 5) is 15.4. The molecule has 1 aromatic heterocycles. The highest BCUT2D eigenvalue weighted by Crippen LogP contribution is 2.23. The van der Waals surface area contributed by atoms with Crippen LogP contribution in [-0.4, -0.2) is 16.6 Å². The third-order valence-corrected chi connectivity index (χ3v) is 3.79. The van der Waals surface area contributed by atoms with E-state index in [0.717, 1.165) is 0 Å². The molecule has 0 aliphatic carbocycles. The number of ketones is 1. The Morgan fingerprint density at radius 2 is 2.22 bits per heavy atom. The summed E-state index contributed by atoms with van der Waals surface area (Å²) in [6, 6.07) is 4.52. The zero-order valence-corrected chi connectivity index (χ0v) is 11.4. The van der Waals surface area contributed by atoms with Crippen LogP contribution in [-0.2, 0) is 6.42 Å². The molecule has 6 heteroatoms. The van der Waals surface area contributed by atoms with Crippen LogP contribution >= 0.6 is 34.5 Å². The Kier molecular flexibility index (Phi) is 4.32. The lowest BCUT2D eigenvalue weighted by atomic mass is 10.1. The third-order valence-electron chi connectivity index (χ3n) is 2.35. The molecule has 2 aromatic rings. The number of hydrogen-bond acceptors (Lipinski definition) is 3. The first-order chi connectivity index (χ1) is 8.61. The zero-order valence-electron chi connectivity index (χ0n) is 9.12. The molecule has 0 unspecified atom stereocenters. The second-order valence-corrected chi connectivity index (χ2v) is 5.18. The Morgan fingerprint density at radius 1 is 1.44 bits per heavy atom. The molecule has 0 aliphatic heterocycles. The number of nitrogens with zero attached hydrogens (tertiary/aromatic N) is 1. The van der Waals surface area contributed by atoms with Crippen LogP contribution in [0, 0.1) is 5.82 Å². The number of aromatic nitrogens is 1. The first-order valence-corrected chi connectivity index (χ1v) is 6.87. The highest BCUT2D eigenvalue weighted by molar-refractivity contribution is 7.09. The predicted octanol–water partition coefficient (Wildman–Crippen LogP) is 3.95. The molecule has 0 N–H and O–H groups in total. The van der Waals surface area contributed by atoms with Gasteiger partial charge in [-0.15, -0.1) is 22.9 Å². The Hall–Kier alpha value is -0.970. The van der Waals surface area contributed by atoms with Gasteiger partial charge < -0.3 is 0 Å². The van der Waals surface area contributed by atoms with E-state index in [-0.39, 0.29) is 23.9 Å². The smallest absolute Gasteiger partial charge is 0.196 e. The molecule has 18 heavy (non-hydrogen) atoms. The molecule has 0 saturated carbocycles. The lowest BCUT2D eigenvalue weighted by Crippen LogP contribution is -2.01. The molecule has 0 fully saturated rings. The highest BCUT2D eigenvalue weighted by atomic mass is 35.5. The normalized spacial score (nSPS) is 10.6. The molecule has 0 radical (unpaired) electrons. The third kappa shape index (κ3) is 2.88. The quantitative estimate of drug-likeness (QED) is 0.632. The first kappa shape index (κ1) is 13.5. The number of rotatable bonds is 4. The van der Waals surface area contributed by atoms with E-state index in [2.05, 4.69) is 4.98 Å². The Bertz CT molecular complexity index is 565. The Morgan fingerprint density at radius 3 is 2.89 bits per heavy atom. The Labute approximate surface area is 117 Å². The molecule has 0 bridgehead atoms. The average molecular weight is 304 g/mol. The molecule has 1 heterocycles. The molecular weight excluding hydrogens is 296 g/mol. The van der Waals surface area contributed by atoms with Crippen molar-refractivity contribution < 1.29 is 9.18 Å². The van der Waals surface area contributed by atoms with Gasteiger partial charge in [-0.25, -0.2) is 9.37 Å². The van der Waals surface area contributed by atoms with Gasteiger partial charge in [-0.2, -0.15) is 0 Å². The molecule has 0 saturated heterocycles. The van der Waals surface area contributed by atoms with E-state index in [4.69, 9.17) is 23.2 Å². The fourth-order valence-corrected chi connectivity index (χ4v) is 2.62. The minimum atomic E-state index is -0.372. The number of benzene rings is 1. The number of Topliss-reactive ketones (excluding diaryl/α,β-unsaturated/α-hetero) is 1. The van der Waals surface area contributed by atoms with Gasteiger partial charge in [-0.05, 0) is 12.1 Å². The monoisotopic (exact) mass is 303 g/mol. The van der Waals surface area contributed by atoms with Gasteiger partial charge in [0.25, 0.3) is 0 Å². The summed E-state index contributed by atoms with van der Waals surface area (Å²) in [7, 11) is 0. The van der Waals surface area contributed by atoms with Gasteiger partial charge in [0, 0.05) is 22.4 Å². The van der Waals surface area contributed by atoms with E-state index >= 15 is 0 Å². The summed E-state index contributed by atoms with van der Waals surface area (Å²) in [6.45, 7) is 0. The molecule has 2 nitrogen and oxygen atoms in total. The van der Waals surface area contributed by atoms with Crippen molar-refractivity contribution in [2.75, 3.05) is 5.88 Å². The SMILES string of the molecule is O=C(CCl)c1csc(Cc2c(F)cccc2Cl)n1. The van der Waals surface area contributed by atoms with Gasteiger partial charge >= 0.3 is 0 Å². The largest absolute Gasteiger partial charge is 0.291 e. The first-order valence-electron chi connectivity index (χ1n) is 5.08. The molecule has 94 valence electrons. The number of thiazole rings is 1. The number of carbonyl (C=O) groups is 1. The van der Waals surface area contributed by atoms with E-state index in [1.807, 2.05) is 0 Å². The van der Waals surface area contributed by atoms with E-state index in [9.17, 15) is 9.18 Å². The summed E-state index contributed by atoms with van der Waals surface area (Å²) in [5.74, 6) is -0.717. The van der Waals surface area contributed by atoms with Crippen molar-refractivity contribution in [2.45, 2.75) is 6.42 Å². The van der Waals surface area contributed by atoms with Crippen molar-refractivity contribution in [3.8, 4) is 0 Å². The molecule has 0 amide bonds. The van der Waals surface area contributed by atoms with Gasteiger partial charge in [0.1, 0.15) is 11.5 Å². The van der Waals surface area contributed by atoms with Gasteiger partial charge in [-0.1, -0.05) is 17.7 Å². The zero-order chi connectivity index (χ0) is 13.1. The van der Waals surface area contributed by atoms with Crippen molar-refractivity contribution in [1.82, 2.24) is 4.98 Å². The van der Waals surface area contributed by atoms with Crippen LogP contribution in [0.25, 0.3) is 0 Å². The number of hydrogen-bond donors (Lipinski definition) is 0. The predicted molar refractivity (Wildman–Crippen MR) is 71.4 cm³/mol. The summed E-state index contributed by atoms with van der Waals surface area (Å²) in [5, 5.41) is 2.61. The lowest BCUT2D eigenvalue weighted by molar-refractivity contribution is 0.101. The van der Waals surface area contributed by atoms with Gasteiger partial charge in [0.15, 0.2) is 5.78 Å². The fourth-order valence-electron chi connectivity index (χ4n) is 1.44. The lowest BCUT2D eigenvalue weighted by Gasteiger charge is -2.02. The van der Waals surface area contributed by atoms with Crippen molar-refractivity contribution in [3.63, 3.8) is 0 Å². The molecule has 0 spiro atoms. The van der Waals surface area contributed by atoms with Gasteiger partial charge in [-0.3, -0.25) is 4.79 Å². The highest BCUT2D eigenvalue weighted by Gasteiger charge is 2.13. The van der Waals surface area contributed by atoms with Crippen molar-refractivity contribution in [2.24, 2.45) is 0 Å². The van der Waals surface area contributed by atoms with Crippen molar-refractivity contribution in [1.29, 1.82) is 0 Å². The van der Waals surface area contributed by atoms with E-state index in [1.54, 1.807) is 17.5 Å². The Balaban J connectivity index is 2.24. The van der Waals surface area contributed by atoms with Crippen molar-refractivity contribution >= 4 is 40.3 Å². The maximum atomic E-state index is 13.6. The molecule has 0 aliphatic rings. The standard InChI is InChI=1S/C12H8Cl2FNOS/c13-5-11(17)10-6-18-12(16-10)4-7-8(14)2-1-3-9(7)15/h1-3,6H,4-5H2. The maximum absolute atomic E-state index is 13.6. The van der Waals surface area contributed by atoms with Crippen LogP contribution in [0.4, 0.5) is 4.39 Å². The summed E-state index contributed by atoms with van der Waals surface area (Å²) in [6.07, 6.45) is 0.270. The number of halogens is 3. The van der Waals surface area contributed by atoms with E-state index < -0.39 is 0 Å². The van der Waals surface area contributed by atoms with Crippen LogP contribution < -0.4 is 0 Å². The van der Waals surface area contributed by atoms with Gasteiger partial charge in [0.05, 0.1) is 10.9 Å². The van der Waals surface area contributed by atoms with Crippen LogP contribution in [0.5, 0.6) is 0 Å². The minimum Gasteiger partial charge on any atom is -0.291 e. The van der Waals surface area contributed by atoms with Crippen molar-refractivity contribution in [3.05, 3.63) is 50.7 Å². The van der Waals surface area contributed by atoms with E-state index in [1.165, 1.54) is 17.4 Å². The molecular formula is C12H8Cl2FNOS. The summed E-state index contributed by atoms with van der Waals surface area (Å²) < 4.78 is 13.6. The van der Waals surface area contributed by atoms with E-state index in [0.29, 0.717) is 21.3 Å². The topological polar surface area (TPSA) is 30.0 Å². The van der Waals surface area contributed by atoms with Crippen LogP contribution in [0.2, 0.25) is 5.02 Å². The average Bonchev–Trinajstić information content (AvgIpc) is 2.81. The van der Waals surface area contributed by atoms with Gasteiger partial charge in [0.2, 0.25) is 0 Å². The van der Waals surface area contributed by atoms with Crippen LogP contribution in [0.1, 0.15) is 21.1 Å². The fraction of sp³-hybridized carbons (Fsp3) is 0.167. The number of alkyl halides is 1. The summed E-state index contributed by atoms with van der Waals surface area (Å²) in [5.41, 5.74) is 0.704. The molecule has 1 aromatic carbocycles. The molecule has 0 atom stereocenters. The second-order valence-electron chi connectivity index (χ2n) is 3.56. The molecule has 2 rings (SSSR count). The number of carbonyl (C=O) groups excluding carboxylic acids is 1.